The van der Waals surface area contributed by atoms with Crippen LogP contribution in [0.4, 0.5) is 9.59 Å². The van der Waals surface area contributed by atoms with E-state index in [1.165, 1.54) is 22.4 Å². The van der Waals surface area contributed by atoms with Gasteiger partial charge in [0, 0.05) is 31.6 Å². The highest BCUT2D eigenvalue weighted by Gasteiger charge is 2.39. The number of benzene rings is 1. The second-order valence-corrected chi connectivity index (χ2v) is 13.2. The fourth-order valence-corrected chi connectivity index (χ4v) is 5.23. The minimum absolute atomic E-state index is 0.0530. The topological polar surface area (TPSA) is 224 Å². The number of aryl methyl sites for hydroxylation is 1. The molecule has 4 rings (SSSR count). The first kappa shape index (κ1) is 39.3. The Hall–Kier alpha value is -5.52. The van der Waals surface area contributed by atoms with Crippen molar-refractivity contribution in [2.45, 2.75) is 110 Å². The van der Waals surface area contributed by atoms with E-state index in [0.29, 0.717) is 24.1 Å². The maximum atomic E-state index is 12.8. The first-order valence-electron chi connectivity index (χ1n) is 16.8. The van der Waals surface area contributed by atoms with Crippen molar-refractivity contribution in [3.63, 3.8) is 0 Å². The molecule has 2 aromatic heterocycles. The van der Waals surface area contributed by atoms with Crippen molar-refractivity contribution in [2.24, 2.45) is 0 Å². The quantitative estimate of drug-likeness (QED) is 0.116. The number of ether oxygens (including phenoxy) is 5. The second kappa shape index (κ2) is 18.1. The van der Waals surface area contributed by atoms with Gasteiger partial charge in [0.15, 0.2) is 0 Å². The summed E-state index contributed by atoms with van der Waals surface area (Å²) in [7, 11) is 0. The normalized spacial score (nSPS) is 17.5. The molecule has 0 aliphatic carbocycles. The summed E-state index contributed by atoms with van der Waals surface area (Å²) >= 11 is 0. The van der Waals surface area contributed by atoms with Crippen molar-refractivity contribution < 1.29 is 42.9 Å². The van der Waals surface area contributed by atoms with E-state index in [9.17, 15) is 28.8 Å². The molecule has 18 nitrogen and oxygen atoms in total. The number of carbonyl (C=O) groups is 4. The molecule has 1 fully saturated rings. The third-order valence-electron chi connectivity index (χ3n) is 7.65. The van der Waals surface area contributed by atoms with E-state index in [4.69, 9.17) is 23.7 Å². The Bertz CT molecular complexity index is 1800. The maximum Gasteiger partial charge on any atom is 0.408 e. The molecule has 1 aromatic carbocycles. The van der Waals surface area contributed by atoms with Gasteiger partial charge in [-0.25, -0.2) is 23.9 Å². The van der Waals surface area contributed by atoms with Gasteiger partial charge < -0.3 is 34.3 Å². The summed E-state index contributed by atoms with van der Waals surface area (Å²) in [5, 5.41) is 13.3. The average Bonchev–Trinajstić information content (AvgIpc) is 3.69. The molecule has 3 aromatic rings. The molecule has 2 amide bonds. The second-order valence-electron chi connectivity index (χ2n) is 13.2. The Kier molecular flexibility index (Phi) is 13.7. The van der Waals surface area contributed by atoms with Gasteiger partial charge in [0.1, 0.15) is 49.0 Å². The number of aromatic nitrogens is 5. The molecule has 52 heavy (non-hydrogen) atoms. The van der Waals surface area contributed by atoms with E-state index in [-0.39, 0.29) is 39.1 Å². The van der Waals surface area contributed by atoms with Crippen LogP contribution in [0.25, 0.3) is 0 Å². The van der Waals surface area contributed by atoms with Gasteiger partial charge in [-0.1, -0.05) is 35.5 Å². The van der Waals surface area contributed by atoms with Crippen LogP contribution in [0.3, 0.4) is 0 Å². The molecular formula is C34H45N7O11. The first-order chi connectivity index (χ1) is 24.7. The zero-order valence-electron chi connectivity index (χ0n) is 29.8. The predicted octanol–water partition coefficient (Wildman–Crippen LogP) is 2.39. The summed E-state index contributed by atoms with van der Waals surface area (Å²) in [5.41, 5.74) is -0.447. The number of nitrogens with zero attached hydrogens (tertiary/aromatic N) is 4. The largest absolute Gasteiger partial charge is 0.460 e. The molecule has 0 spiro atoms. The van der Waals surface area contributed by atoms with Crippen LogP contribution in [0.1, 0.15) is 76.4 Å². The molecule has 4 atom stereocenters. The molecule has 0 unspecified atom stereocenters. The van der Waals surface area contributed by atoms with Crippen LogP contribution in [0, 0.1) is 6.92 Å². The van der Waals surface area contributed by atoms with E-state index in [2.05, 4.69) is 25.9 Å². The summed E-state index contributed by atoms with van der Waals surface area (Å²) < 4.78 is 30.1. The highest BCUT2D eigenvalue weighted by atomic mass is 16.6. The molecule has 0 radical (unpaired) electrons. The highest BCUT2D eigenvalue weighted by Crippen LogP contribution is 2.31. The zero-order valence-corrected chi connectivity index (χ0v) is 29.8. The summed E-state index contributed by atoms with van der Waals surface area (Å²) in [6.07, 6.45) is 0.638. The lowest BCUT2D eigenvalue weighted by atomic mass is 10.1. The Balaban J connectivity index is 1.21. The van der Waals surface area contributed by atoms with Crippen LogP contribution in [0.2, 0.25) is 0 Å². The third-order valence-corrected chi connectivity index (χ3v) is 7.65. The molecule has 3 N–H and O–H groups in total. The molecule has 1 saturated heterocycles. The molecule has 0 bridgehead atoms. The van der Waals surface area contributed by atoms with Gasteiger partial charge in [-0.3, -0.25) is 19.1 Å². The van der Waals surface area contributed by atoms with E-state index in [0.717, 1.165) is 5.56 Å². The zero-order chi connectivity index (χ0) is 37.8. The van der Waals surface area contributed by atoms with E-state index >= 15 is 0 Å². The van der Waals surface area contributed by atoms with Crippen molar-refractivity contribution in [1.82, 2.24) is 35.2 Å². The lowest BCUT2D eigenvalue weighted by molar-refractivity contribution is -0.150. The lowest BCUT2D eigenvalue weighted by Crippen LogP contribution is -2.44. The standard InChI is InChI=1S/C34H45N7O11/c1-21-16-41(31(45)37-29(21)43)28-15-26(50-22(2)42)27(51-28)18-40-17-24(38-39-40)20-49-32(46)35-14-10-9-13-25(36-33(47)52-34(3,4)5)30(44)48-19-23-11-7-6-8-12-23/h6-8,11-12,16-17,25-28H,9-10,13-15,18-20H2,1-5H3,(H,35,46)(H,36,47)(H,37,43,45)/t25-,26-,27+,28+/m0/s1. The van der Waals surface area contributed by atoms with Crippen LogP contribution in [0.5, 0.6) is 0 Å². The number of hydrogen-bond acceptors (Lipinski definition) is 13. The van der Waals surface area contributed by atoms with E-state index < -0.39 is 65.5 Å². The molecule has 3 heterocycles. The predicted molar refractivity (Wildman–Crippen MR) is 182 cm³/mol. The number of unbranched alkanes of at least 4 members (excludes halogenated alkanes) is 1. The molecule has 1 aliphatic rings. The Morgan fingerprint density at radius 2 is 1.79 bits per heavy atom. The van der Waals surface area contributed by atoms with Crippen LogP contribution >= 0.6 is 0 Å². The summed E-state index contributed by atoms with van der Waals surface area (Å²) in [6.45, 7) is 8.18. The summed E-state index contributed by atoms with van der Waals surface area (Å²) in [5.74, 6) is -1.13. The van der Waals surface area contributed by atoms with Gasteiger partial charge >= 0.3 is 29.8 Å². The van der Waals surface area contributed by atoms with Gasteiger partial charge in [-0.2, -0.15) is 0 Å². The van der Waals surface area contributed by atoms with Gasteiger partial charge in [-0.05, 0) is 52.5 Å². The number of esters is 2. The fourth-order valence-electron chi connectivity index (χ4n) is 5.23. The van der Waals surface area contributed by atoms with Crippen molar-refractivity contribution in [3.05, 3.63) is 80.4 Å². The van der Waals surface area contributed by atoms with Crippen LogP contribution in [-0.2, 0) is 53.0 Å². The van der Waals surface area contributed by atoms with Crippen molar-refractivity contribution in [3.8, 4) is 0 Å². The monoisotopic (exact) mass is 727 g/mol. The van der Waals surface area contributed by atoms with E-state index in [1.54, 1.807) is 33.9 Å². The number of amides is 2. The average molecular weight is 728 g/mol. The Morgan fingerprint density at radius 1 is 1.04 bits per heavy atom. The third kappa shape index (κ3) is 12.4. The number of hydrogen-bond donors (Lipinski definition) is 3. The fraction of sp³-hybridized carbons (Fsp3) is 0.529. The summed E-state index contributed by atoms with van der Waals surface area (Å²) in [6, 6.07) is 8.21. The minimum Gasteiger partial charge on any atom is -0.460 e. The number of H-pyrrole nitrogens is 1. The number of carbonyl (C=O) groups excluding carboxylic acids is 4. The number of alkyl carbamates (subject to hydrolysis) is 2. The van der Waals surface area contributed by atoms with Crippen LogP contribution < -0.4 is 21.9 Å². The van der Waals surface area contributed by atoms with Crippen molar-refractivity contribution in [1.29, 1.82) is 0 Å². The first-order valence-corrected chi connectivity index (χ1v) is 16.8. The molecule has 0 saturated carbocycles. The number of nitrogens with one attached hydrogen (secondary N) is 3. The molecule has 282 valence electrons. The smallest absolute Gasteiger partial charge is 0.408 e. The van der Waals surface area contributed by atoms with Crippen molar-refractivity contribution >= 4 is 24.1 Å². The lowest BCUT2D eigenvalue weighted by Gasteiger charge is -2.23. The van der Waals surface area contributed by atoms with Crippen LogP contribution in [0.15, 0.2) is 52.3 Å². The molecule has 18 heteroatoms. The van der Waals surface area contributed by atoms with Gasteiger partial charge in [-0.15, -0.1) is 5.10 Å². The van der Waals surface area contributed by atoms with Crippen molar-refractivity contribution in [2.75, 3.05) is 6.54 Å². The van der Waals surface area contributed by atoms with Gasteiger partial charge in [0.25, 0.3) is 5.56 Å². The Morgan fingerprint density at radius 3 is 2.50 bits per heavy atom. The van der Waals surface area contributed by atoms with E-state index in [1.807, 2.05) is 30.3 Å². The highest BCUT2D eigenvalue weighted by molar-refractivity contribution is 5.81. The molecule has 1 aliphatic heterocycles. The SMILES string of the molecule is CC(=O)O[C@H]1C[C@H](n2cc(C)c(=O)[nH]c2=O)O[C@@H]1Cn1cc(COC(=O)NCCCC[C@H](NC(=O)OC(C)(C)C)C(=O)OCc2ccccc2)nn1. The maximum absolute atomic E-state index is 12.8. The number of aromatic amines is 1. The van der Waals surface area contributed by atoms with Gasteiger partial charge in [0.2, 0.25) is 0 Å². The van der Waals surface area contributed by atoms with Gasteiger partial charge in [0.05, 0.1) is 12.7 Å². The summed E-state index contributed by atoms with van der Waals surface area (Å²) in [4.78, 5) is 75.7. The Labute approximate surface area is 299 Å². The minimum atomic E-state index is -0.950. The molecular weight excluding hydrogens is 682 g/mol. The number of rotatable bonds is 15. The van der Waals surface area contributed by atoms with Crippen LogP contribution in [-0.4, -0.2) is 79.1 Å².